The summed E-state index contributed by atoms with van der Waals surface area (Å²) in [6.07, 6.45) is 6.02. The number of aliphatic carboxylic acids is 1. The molecule has 0 bridgehead atoms. The number of rotatable bonds is 10. The van der Waals surface area contributed by atoms with E-state index in [-0.39, 0.29) is 24.7 Å². The van der Waals surface area contributed by atoms with E-state index in [2.05, 4.69) is 36.4 Å². The maximum Gasteiger partial charge on any atom is 0.303 e. The first-order valence-electron chi connectivity index (χ1n) is 12.5. The standard InChI is InChI=1S/C26H37N3O5/c1-14-15(2)28-34-25(14)27-20(30)12-18(8-9-21(31)32)23-22(17-6-7-17)24(33-29-23)19-10-16(11-19)13-26(3,4)5/h16-19H,6-13H2,1-5H3,(H,27,30)(H,31,32)/t16?,18-,19?/m0/s1. The number of hydrogen-bond donors (Lipinski definition) is 2. The van der Waals surface area contributed by atoms with Gasteiger partial charge in [0, 0.05) is 35.8 Å². The van der Waals surface area contributed by atoms with Gasteiger partial charge in [-0.1, -0.05) is 31.1 Å². The summed E-state index contributed by atoms with van der Waals surface area (Å²) >= 11 is 0. The van der Waals surface area contributed by atoms with E-state index in [4.69, 9.17) is 9.05 Å². The summed E-state index contributed by atoms with van der Waals surface area (Å²) in [4.78, 5) is 24.2. The predicted molar refractivity (Wildman–Crippen MR) is 127 cm³/mol. The summed E-state index contributed by atoms with van der Waals surface area (Å²) in [6, 6.07) is 0. The van der Waals surface area contributed by atoms with E-state index in [0.29, 0.717) is 35.5 Å². The topological polar surface area (TPSA) is 118 Å². The number of amides is 1. The molecule has 186 valence electrons. The minimum Gasteiger partial charge on any atom is -0.481 e. The molecule has 2 fully saturated rings. The highest BCUT2D eigenvalue weighted by atomic mass is 16.5. The summed E-state index contributed by atoms with van der Waals surface area (Å²) in [7, 11) is 0. The number of carboxylic acid groups (broad SMARTS) is 1. The summed E-state index contributed by atoms with van der Waals surface area (Å²) in [5.41, 5.74) is 3.75. The van der Waals surface area contributed by atoms with Gasteiger partial charge in [0.15, 0.2) is 0 Å². The molecule has 0 aliphatic heterocycles. The van der Waals surface area contributed by atoms with Crippen molar-refractivity contribution in [3.8, 4) is 0 Å². The summed E-state index contributed by atoms with van der Waals surface area (Å²) in [5, 5.41) is 20.4. The van der Waals surface area contributed by atoms with Crippen molar-refractivity contribution >= 4 is 17.8 Å². The van der Waals surface area contributed by atoms with Gasteiger partial charge in [-0.15, -0.1) is 0 Å². The van der Waals surface area contributed by atoms with E-state index in [0.717, 1.165) is 54.0 Å². The van der Waals surface area contributed by atoms with Crippen LogP contribution in [0.3, 0.4) is 0 Å². The predicted octanol–water partition coefficient (Wildman–Crippen LogP) is 6.06. The van der Waals surface area contributed by atoms with Crippen LogP contribution in [0, 0.1) is 25.2 Å². The molecule has 2 saturated carbocycles. The molecular formula is C26H37N3O5. The monoisotopic (exact) mass is 471 g/mol. The molecule has 2 N–H and O–H groups in total. The van der Waals surface area contributed by atoms with Crippen LogP contribution in [0.4, 0.5) is 5.88 Å². The Kier molecular flexibility index (Phi) is 6.87. The van der Waals surface area contributed by atoms with Gasteiger partial charge in [-0.3, -0.25) is 14.9 Å². The average molecular weight is 472 g/mol. The van der Waals surface area contributed by atoms with Crippen molar-refractivity contribution in [2.75, 3.05) is 5.32 Å². The van der Waals surface area contributed by atoms with Gasteiger partial charge in [0.25, 0.3) is 0 Å². The van der Waals surface area contributed by atoms with Crippen molar-refractivity contribution < 1.29 is 23.7 Å². The second kappa shape index (κ2) is 9.55. The van der Waals surface area contributed by atoms with E-state index in [9.17, 15) is 14.7 Å². The summed E-state index contributed by atoms with van der Waals surface area (Å²) in [5.74, 6) is 1.35. The Morgan fingerprint density at radius 2 is 1.82 bits per heavy atom. The molecule has 1 amide bonds. The van der Waals surface area contributed by atoms with Crippen molar-refractivity contribution in [2.24, 2.45) is 11.3 Å². The molecule has 2 aromatic rings. The van der Waals surface area contributed by atoms with Crippen LogP contribution < -0.4 is 5.32 Å². The van der Waals surface area contributed by atoms with Crippen LogP contribution in [-0.2, 0) is 9.59 Å². The second-order valence-corrected chi connectivity index (χ2v) is 11.5. The zero-order valence-corrected chi connectivity index (χ0v) is 20.9. The number of aryl methyl sites for hydroxylation is 1. The summed E-state index contributed by atoms with van der Waals surface area (Å²) < 4.78 is 11.1. The fourth-order valence-corrected chi connectivity index (χ4v) is 5.24. The molecule has 2 aliphatic rings. The van der Waals surface area contributed by atoms with Gasteiger partial charge >= 0.3 is 5.97 Å². The Balaban J connectivity index is 1.51. The normalized spacial score (nSPS) is 21.2. The molecule has 0 unspecified atom stereocenters. The molecule has 0 saturated heterocycles. The fourth-order valence-electron chi connectivity index (χ4n) is 5.24. The van der Waals surface area contributed by atoms with Gasteiger partial charge in [-0.25, -0.2) is 0 Å². The van der Waals surface area contributed by atoms with Gasteiger partial charge in [0.05, 0.1) is 11.4 Å². The Morgan fingerprint density at radius 1 is 1.12 bits per heavy atom. The van der Waals surface area contributed by atoms with Crippen molar-refractivity contribution in [1.82, 2.24) is 10.3 Å². The van der Waals surface area contributed by atoms with E-state index < -0.39 is 5.97 Å². The number of hydrogen-bond acceptors (Lipinski definition) is 6. The van der Waals surface area contributed by atoms with Crippen molar-refractivity contribution in [3.63, 3.8) is 0 Å². The van der Waals surface area contributed by atoms with Gasteiger partial charge < -0.3 is 14.2 Å². The Hall–Kier alpha value is -2.64. The highest BCUT2D eigenvalue weighted by Gasteiger charge is 2.42. The van der Waals surface area contributed by atoms with E-state index in [1.54, 1.807) is 0 Å². The quantitative estimate of drug-likeness (QED) is 0.432. The van der Waals surface area contributed by atoms with Crippen molar-refractivity contribution in [2.45, 2.75) is 104 Å². The molecule has 34 heavy (non-hydrogen) atoms. The van der Waals surface area contributed by atoms with Crippen LogP contribution >= 0.6 is 0 Å². The molecule has 1 atom stereocenters. The first kappa shape index (κ1) is 24.5. The molecule has 0 radical (unpaired) electrons. The minimum atomic E-state index is -0.882. The van der Waals surface area contributed by atoms with Crippen LogP contribution in [0.2, 0.25) is 0 Å². The van der Waals surface area contributed by atoms with Crippen LogP contribution in [0.25, 0.3) is 0 Å². The zero-order valence-electron chi connectivity index (χ0n) is 20.9. The van der Waals surface area contributed by atoms with E-state index in [1.165, 1.54) is 6.42 Å². The molecule has 2 heterocycles. The molecule has 4 rings (SSSR count). The molecular weight excluding hydrogens is 434 g/mol. The average Bonchev–Trinajstić information content (AvgIpc) is 3.40. The second-order valence-electron chi connectivity index (χ2n) is 11.5. The third kappa shape index (κ3) is 5.70. The molecule has 2 aliphatic carbocycles. The van der Waals surface area contributed by atoms with Crippen LogP contribution in [0.15, 0.2) is 9.05 Å². The Bertz CT molecular complexity index is 1040. The lowest BCUT2D eigenvalue weighted by atomic mass is 9.66. The molecule has 0 spiro atoms. The van der Waals surface area contributed by atoms with Crippen LogP contribution in [-0.4, -0.2) is 27.3 Å². The van der Waals surface area contributed by atoms with Crippen LogP contribution in [0.1, 0.15) is 118 Å². The molecule has 8 heteroatoms. The van der Waals surface area contributed by atoms with Gasteiger partial charge in [0.2, 0.25) is 11.8 Å². The molecule has 0 aromatic carbocycles. The zero-order chi connectivity index (χ0) is 24.6. The van der Waals surface area contributed by atoms with Crippen molar-refractivity contribution in [3.05, 3.63) is 28.3 Å². The third-order valence-corrected chi connectivity index (χ3v) is 7.21. The number of carbonyl (C=O) groups is 2. The Morgan fingerprint density at radius 3 is 2.38 bits per heavy atom. The van der Waals surface area contributed by atoms with E-state index >= 15 is 0 Å². The third-order valence-electron chi connectivity index (χ3n) is 7.21. The summed E-state index contributed by atoms with van der Waals surface area (Å²) in [6.45, 7) is 10.5. The number of nitrogens with one attached hydrogen (secondary N) is 1. The van der Waals surface area contributed by atoms with Crippen molar-refractivity contribution in [1.29, 1.82) is 0 Å². The van der Waals surface area contributed by atoms with Gasteiger partial charge in [-0.05, 0) is 69.6 Å². The number of nitrogens with zero attached hydrogens (tertiary/aromatic N) is 2. The number of carbonyl (C=O) groups excluding carboxylic acids is 1. The van der Waals surface area contributed by atoms with Gasteiger partial charge in [0.1, 0.15) is 5.76 Å². The number of anilines is 1. The maximum absolute atomic E-state index is 12.9. The lowest BCUT2D eigenvalue weighted by Crippen LogP contribution is -2.26. The number of carboxylic acids is 1. The lowest BCUT2D eigenvalue weighted by Gasteiger charge is -2.38. The largest absolute Gasteiger partial charge is 0.481 e. The van der Waals surface area contributed by atoms with Gasteiger partial charge in [-0.2, -0.15) is 0 Å². The SMILES string of the molecule is Cc1noc(NC(=O)C[C@H](CCC(=O)O)c2noc(C3CC(CC(C)(C)C)C3)c2C2CC2)c1C. The lowest BCUT2D eigenvalue weighted by molar-refractivity contribution is -0.137. The number of aromatic nitrogens is 2. The highest BCUT2D eigenvalue weighted by molar-refractivity contribution is 5.90. The highest BCUT2D eigenvalue weighted by Crippen LogP contribution is 2.53. The first-order valence-corrected chi connectivity index (χ1v) is 12.5. The molecule has 8 nitrogen and oxygen atoms in total. The smallest absolute Gasteiger partial charge is 0.303 e. The Labute approximate surface area is 200 Å². The molecule has 2 aromatic heterocycles. The van der Waals surface area contributed by atoms with E-state index in [1.807, 2.05) is 13.8 Å². The minimum absolute atomic E-state index is 0.0260. The van der Waals surface area contributed by atoms with Crippen LogP contribution in [0.5, 0.6) is 0 Å². The first-order chi connectivity index (χ1) is 16.0. The maximum atomic E-state index is 12.9. The fraction of sp³-hybridized carbons (Fsp3) is 0.692.